The quantitative estimate of drug-likeness (QED) is 0.787. The number of hydrogen-bond acceptors (Lipinski definition) is 4. The number of aliphatic hydroxyl groups excluding tert-OH is 1. The van der Waals surface area contributed by atoms with Gasteiger partial charge in [-0.2, -0.15) is 0 Å². The summed E-state index contributed by atoms with van der Waals surface area (Å²) < 4.78 is 11.0. The van der Waals surface area contributed by atoms with Crippen molar-refractivity contribution in [2.75, 3.05) is 0 Å². The van der Waals surface area contributed by atoms with E-state index in [0.29, 0.717) is 6.42 Å². The summed E-state index contributed by atoms with van der Waals surface area (Å²) in [4.78, 5) is 12.0. The third-order valence-corrected chi connectivity index (χ3v) is 3.31. The van der Waals surface area contributed by atoms with Gasteiger partial charge in [-0.15, -0.1) is 0 Å². The van der Waals surface area contributed by atoms with E-state index in [0.717, 1.165) is 12.8 Å². The van der Waals surface area contributed by atoms with Gasteiger partial charge in [0.05, 0.1) is 12.2 Å². The smallest absolute Gasteiger partial charge is 0.316 e. The van der Waals surface area contributed by atoms with Crippen LogP contribution in [0.4, 0.5) is 0 Å². The topological polar surface area (TPSA) is 55.8 Å². The Kier molecular flexibility index (Phi) is 5.17. The number of carbonyl (C=O) groups excluding carboxylic acids is 1. The fraction of sp³-hybridized carbons (Fsp3) is 0.929. The lowest BCUT2D eigenvalue weighted by Crippen LogP contribution is -2.51. The number of aliphatic hydroxyl groups is 1. The molecule has 1 aliphatic heterocycles. The van der Waals surface area contributed by atoms with E-state index in [1.165, 1.54) is 0 Å². The van der Waals surface area contributed by atoms with Crippen LogP contribution in [0.1, 0.15) is 53.9 Å². The second-order valence-corrected chi connectivity index (χ2v) is 6.21. The third kappa shape index (κ3) is 3.69. The molecule has 0 aromatic heterocycles. The molecule has 0 unspecified atom stereocenters. The van der Waals surface area contributed by atoms with Gasteiger partial charge >= 0.3 is 5.97 Å². The predicted molar refractivity (Wildman–Crippen MR) is 68.9 cm³/mol. The second-order valence-electron chi connectivity index (χ2n) is 6.21. The lowest BCUT2D eigenvalue weighted by molar-refractivity contribution is -0.261. The highest BCUT2D eigenvalue weighted by Crippen LogP contribution is 2.33. The Morgan fingerprint density at radius 3 is 2.44 bits per heavy atom. The Labute approximate surface area is 110 Å². The Hall–Kier alpha value is -0.610. The van der Waals surface area contributed by atoms with Gasteiger partial charge in [-0.1, -0.05) is 40.5 Å². The van der Waals surface area contributed by atoms with Crippen molar-refractivity contribution in [2.24, 2.45) is 11.3 Å². The zero-order valence-electron chi connectivity index (χ0n) is 12.1. The summed E-state index contributed by atoms with van der Waals surface area (Å²) in [6, 6.07) is 0. The largest absolute Gasteiger partial charge is 0.435 e. The van der Waals surface area contributed by atoms with Gasteiger partial charge in [0.1, 0.15) is 5.92 Å². The summed E-state index contributed by atoms with van der Waals surface area (Å²) in [5.74, 6) is -0.896. The monoisotopic (exact) mass is 258 g/mol. The van der Waals surface area contributed by atoms with E-state index in [1.807, 2.05) is 27.7 Å². The van der Waals surface area contributed by atoms with Crippen LogP contribution in [0.15, 0.2) is 0 Å². The van der Waals surface area contributed by atoms with Crippen molar-refractivity contribution in [1.29, 1.82) is 0 Å². The molecule has 1 N–H and O–H groups in total. The molecule has 1 rings (SSSR count). The maximum absolute atomic E-state index is 12.0. The van der Waals surface area contributed by atoms with E-state index in [2.05, 4.69) is 6.92 Å². The lowest BCUT2D eigenvalue weighted by atomic mass is 9.89. The van der Waals surface area contributed by atoms with Gasteiger partial charge in [0.25, 0.3) is 0 Å². The molecule has 1 fully saturated rings. The summed E-state index contributed by atoms with van der Waals surface area (Å²) in [6.07, 6.45) is 1.01. The predicted octanol–water partition coefficient (Wildman–Crippen LogP) is 2.49. The highest BCUT2D eigenvalue weighted by molar-refractivity contribution is 5.74. The molecular formula is C14H26O4. The number of hydrogen-bond donors (Lipinski definition) is 1. The van der Waals surface area contributed by atoms with Crippen molar-refractivity contribution in [3.8, 4) is 0 Å². The molecule has 0 spiro atoms. The molecule has 4 atom stereocenters. The molecule has 0 aromatic carbocycles. The maximum Gasteiger partial charge on any atom is 0.316 e. The highest BCUT2D eigenvalue weighted by Gasteiger charge is 2.44. The molecule has 0 saturated carbocycles. The maximum atomic E-state index is 12.0. The molecule has 18 heavy (non-hydrogen) atoms. The van der Waals surface area contributed by atoms with Crippen molar-refractivity contribution < 1.29 is 19.4 Å². The summed E-state index contributed by atoms with van der Waals surface area (Å²) in [5, 5.41) is 10.1. The van der Waals surface area contributed by atoms with Gasteiger partial charge in [0.15, 0.2) is 0 Å². The van der Waals surface area contributed by atoms with E-state index in [9.17, 15) is 9.90 Å². The van der Waals surface area contributed by atoms with Crippen LogP contribution in [0, 0.1) is 11.3 Å². The first-order chi connectivity index (χ1) is 8.27. The average Bonchev–Trinajstić information content (AvgIpc) is 2.24. The molecule has 0 bridgehead atoms. The minimum absolute atomic E-state index is 0.247. The molecule has 106 valence electrons. The van der Waals surface area contributed by atoms with Crippen LogP contribution in [0.2, 0.25) is 0 Å². The lowest BCUT2D eigenvalue weighted by Gasteiger charge is -2.40. The zero-order chi connectivity index (χ0) is 13.9. The molecule has 0 radical (unpaired) electrons. The molecule has 1 saturated heterocycles. The fourth-order valence-electron chi connectivity index (χ4n) is 2.13. The van der Waals surface area contributed by atoms with Crippen LogP contribution in [0.5, 0.6) is 0 Å². The highest BCUT2D eigenvalue weighted by atomic mass is 16.7. The van der Waals surface area contributed by atoms with Gasteiger partial charge in [-0.05, 0) is 13.3 Å². The van der Waals surface area contributed by atoms with Gasteiger partial charge in [-0.3, -0.25) is 4.79 Å². The van der Waals surface area contributed by atoms with Crippen LogP contribution in [0.3, 0.4) is 0 Å². The second kappa shape index (κ2) is 6.02. The number of esters is 1. The summed E-state index contributed by atoms with van der Waals surface area (Å²) in [5.41, 5.74) is -0.247. The minimum atomic E-state index is -0.673. The molecule has 4 heteroatoms. The van der Waals surface area contributed by atoms with Crippen LogP contribution >= 0.6 is 0 Å². The van der Waals surface area contributed by atoms with E-state index < -0.39 is 18.3 Å². The SMILES string of the molecule is CCCC[C@H](O)[C@H]1C(=O)O[C@H](C(C)(C)C)O[C@@H]1C. The number of ether oxygens (including phenoxy) is 2. The van der Waals surface area contributed by atoms with Gasteiger partial charge in [-0.25, -0.2) is 0 Å². The first kappa shape index (κ1) is 15.4. The molecule has 1 aliphatic rings. The average molecular weight is 258 g/mol. The Morgan fingerprint density at radius 2 is 2.00 bits per heavy atom. The zero-order valence-corrected chi connectivity index (χ0v) is 12.1. The Balaban J connectivity index is 2.66. The van der Waals surface area contributed by atoms with Gasteiger partial charge in [0.2, 0.25) is 6.29 Å². The summed E-state index contributed by atoms with van der Waals surface area (Å²) in [6.45, 7) is 9.78. The number of carbonyl (C=O) groups is 1. The minimum Gasteiger partial charge on any atom is -0.435 e. The molecule has 1 heterocycles. The molecule has 0 amide bonds. The summed E-state index contributed by atoms with van der Waals surface area (Å²) >= 11 is 0. The van der Waals surface area contributed by atoms with E-state index >= 15 is 0 Å². The standard InChI is InChI=1S/C14H26O4/c1-6-7-8-10(15)11-9(2)17-13(14(3,4)5)18-12(11)16/h9-11,13,15H,6-8H2,1-5H3/t9-,10+,11+,13-/m1/s1. The normalized spacial score (nSPS) is 31.0. The van der Waals surface area contributed by atoms with Crippen LogP contribution in [0.25, 0.3) is 0 Å². The molecular weight excluding hydrogens is 232 g/mol. The summed E-state index contributed by atoms with van der Waals surface area (Å²) in [7, 11) is 0. The van der Waals surface area contributed by atoms with Crippen LogP contribution in [-0.4, -0.2) is 29.6 Å². The van der Waals surface area contributed by atoms with Crippen molar-refractivity contribution in [1.82, 2.24) is 0 Å². The molecule has 0 aliphatic carbocycles. The van der Waals surface area contributed by atoms with Crippen molar-refractivity contribution in [3.63, 3.8) is 0 Å². The molecule has 0 aromatic rings. The Bertz CT molecular complexity index is 282. The van der Waals surface area contributed by atoms with Crippen molar-refractivity contribution in [2.45, 2.75) is 72.4 Å². The molecule has 4 nitrogen and oxygen atoms in total. The van der Waals surface area contributed by atoms with Gasteiger partial charge < -0.3 is 14.6 Å². The first-order valence-corrected chi connectivity index (χ1v) is 6.81. The third-order valence-electron chi connectivity index (χ3n) is 3.31. The van der Waals surface area contributed by atoms with E-state index in [-0.39, 0.29) is 17.5 Å². The number of rotatable bonds is 4. The van der Waals surface area contributed by atoms with E-state index in [1.54, 1.807) is 0 Å². The first-order valence-electron chi connectivity index (χ1n) is 6.81. The van der Waals surface area contributed by atoms with Crippen LogP contribution in [-0.2, 0) is 14.3 Å². The van der Waals surface area contributed by atoms with E-state index in [4.69, 9.17) is 9.47 Å². The number of unbranched alkanes of at least 4 members (excludes halogenated alkanes) is 1. The Morgan fingerprint density at radius 1 is 1.39 bits per heavy atom. The van der Waals surface area contributed by atoms with Crippen molar-refractivity contribution in [3.05, 3.63) is 0 Å². The van der Waals surface area contributed by atoms with Crippen LogP contribution < -0.4 is 0 Å². The number of cyclic esters (lactones) is 1. The fourth-order valence-corrected chi connectivity index (χ4v) is 2.13. The van der Waals surface area contributed by atoms with Crippen molar-refractivity contribution >= 4 is 5.97 Å². The van der Waals surface area contributed by atoms with Gasteiger partial charge in [0, 0.05) is 5.41 Å².